The van der Waals surface area contributed by atoms with E-state index in [4.69, 9.17) is 10.5 Å². The molecule has 1 unspecified atom stereocenters. The highest BCUT2D eigenvalue weighted by molar-refractivity contribution is 5.67. The Hall–Kier alpha value is -1.75. The number of carbonyl (C=O) groups is 1. The molecule has 1 aromatic rings. The number of hydrogen-bond donors (Lipinski definition) is 3. The maximum Gasteiger partial charge on any atom is 0.407 e. The van der Waals surface area contributed by atoms with Gasteiger partial charge in [-0.2, -0.15) is 0 Å². The molecule has 0 bridgehead atoms. The average Bonchev–Trinajstić information content (AvgIpc) is 2.44. The van der Waals surface area contributed by atoms with Crippen LogP contribution in [0.15, 0.2) is 24.3 Å². The molecular weight excluding hydrogens is 290 g/mol. The lowest BCUT2D eigenvalue weighted by Crippen LogP contribution is -2.32. The van der Waals surface area contributed by atoms with Crippen molar-refractivity contribution in [3.8, 4) is 0 Å². The van der Waals surface area contributed by atoms with E-state index in [0.29, 0.717) is 24.9 Å². The number of anilines is 1. The summed E-state index contributed by atoms with van der Waals surface area (Å²) in [5.41, 5.74) is 7.37. The highest BCUT2D eigenvalue weighted by atomic mass is 16.6. The first-order valence-corrected chi connectivity index (χ1v) is 8.21. The van der Waals surface area contributed by atoms with Crippen LogP contribution in [-0.2, 0) is 11.3 Å². The van der Waals surface area contributed by atoms with E-state index < -0.39 is 11.7 Å². The van der Waals surface area contributed by atoms with Gasteiger partial charge < -0.3 is 21.1 Å². The molecular formula is C18H31N3O2. The Morgan fingerprint density at radius 3 is 2.57 bits per heavy atom. The zero-order valence-electron chi connectivity index (χ0n) is 15.0. The SMILES string of the molecule is CC(C)C(CN)CNc1cccc(CNC(=O)OC(C)(C)C)c1. The Kier molecular flexibility index (Phi) is 7.36. The average molecular weight is 321 g/mol. The minimum absolute atomic E-state index is 0.404. The van der Waals surface area contributed by atoms with E-state index in [-0.39, 0.29) is 0 Å². The molecule has 0 aromatic heterocycles. The maximum atomic E-state index is 11.7. The van der Waals surface area contributed by atoms with Crippen LogP contribution in [0.3, 0.4) is 0 Å². The van der Waals surface area contributed by atoms with Gasteiger partial charge in [-0.3, -0.25) is 0 Å². The Bertz CT molecular complexity index is 495. The lowest BCUT2D eigenvalue weighted by atomic mass is 9.96. The molecule has 0 aliphatic heterocycles. The van der Waals surface area contributed by atoms with Crippen LogP contribution in [-0.4, -0.2) is 24.8 Å². The molecule has 5 heteroatoms. The van der Waals surface area contributed by atoms with Crippen molar-refractivity contribution < 1.29 is 9.53 Å². The van der Waals surface area contributed by atoms with Crippen molar-refractivity contribution in [3.63, 3.8) is 0 Å². The molecule has 1 aromatic carbocycles. The minimum atomic E-state index is -0.485. The molecule has 0 spiro atoms. The Morgan fingerprint density at radius 2 is 2.00 bits per heavy atom. The van der Waals surface area contributed by atoms with Gasteiger partial charge in [-0.25, -0.2) is 4.79 Å². The van der Waals surface area contributed by atoms with Crippen molar-refractivity contribution in [3.05, 3.63) is 29.8 Å². The van der Waals surface area contributed by atoms with Crippen molar-refractivity contribution in [1.82, 2.24) is 5.32 Å². The van der Waals surface area contributed by atoms with E-state index in [2.05, 4.69) is 24.5 Å². The van der Waals surface area contributed by atoms with E-state index in [1.807, 2.05) is 45.0 Å². The summed E-state index contributed by atoms with van der Waals surface area (Å²) in [5.74, 6) is 0.989. The molecule has 0 heterocycles. The summed E-state index contributed by atoms with van der Waals surface area (Å²) in [6.45, 7) is 11.9. The lowest BCUT2D eigenvalue weighted by molar-refractivity contribution is 0.0523. The van der Waals surface area contributed by atoms with Crippen molar-refractivity contribution in [2.45, 2.75) is 46.8 Å². The maximum absolute atomic E-state index is 11.7. The first kappa shape index (κ1) is 19.3. The predicted molar refractivity (Wildman–Crippen MR) is 95.4 cm³/mol. The smallest absolute Gasteiger partial charge is 0.407 e. The molecule has 0 saturated carbocycles. The van der Waals surface area contributed by atoms with Crippen LogP contribution in [0, 0.1) is 11.8 Å². The fourth-order valence-corrected chi connectivity index (χ4v) is 2.12. The quantitative estimate of drug-likeness (QED) is 0.720. The van der Waals surface area contributed by atoms with E-state index in [9.17, 15) is 4.79 Å². The highest BCUT2D eigenvalue weighted by Gasteiger charge is 2.15. The van der Waals surface area contributed by atoms with Crippen LogP contribution in [0.1, 0.15) is 40.2 Å². The molecule has 0 aliphatic rings. The van der Waals surface area contributed by atoms with Crippen LogP contribution < -0.4 is 16.4 Å². The highest BCUT2D eigenvalue weighted by Crippen LogP contribution is 2.14. The first-order valence-electron chi connectivity index (χ1n) is 8.21. The van der Waals surface area contributed by atoms with Gasteiger partial charge in [-0.15, -0.1) is 0 Å². The molecule has 130 valence electrons. The second-order valence-electron chi connectivity index (χ2n) is 7.18. The van der Waals surface area contributed by atoms with Crippen LogP contribution in [0.5, 0.6) is 0 Å². The Balaban J connectivity index is 2.52. The Labute approximate surface area is 140 Å². The second kappa shape index (κ2) is 8.77. The normalized spacial score (nSPS) is 12.8. The van der Waals surface area contributed by atoms with Gasteiger partial charge in [0.25, 0.3) is 0 Å². The van der Waals surface area contributed by atoms with E-state index in [1.165, 1.54) is 0 Å². The van der Waals surface area contributed by atoms with E-state index in [0.717, 1.165) is 17.8 Å². The summed E-state index contributed by atoms with van der Waals surface area (Å²) in [6, 6.07) is 8.00. The molecule has 0 fully saturated rings. The molecule has 0 aliphatic carbocycles. The topological polar surface area (TPSA) is 76.4 Å². The zero-order chi connectivity index (χ0) is 17.5. The summed E-state index contributed by atoms with van der Waals surface area (Å²) in [6.07, 6.45) is -0.404. The fraction of sp³-hybridized carbons (Fsp3) is 0.611. The van der Waals surface area contributed by atoms with Crippen molar-refractivity contribution in [2.75, 3.05) is 18.4 Å². The van der Waals surface area contributed by atoms with E-state index >= 15 is 0 Å². The Morgan fingerprint density at radius 1 is 1.30 bits per heavy atom. The van der Waals surface area contributed by atoms with Gasteiger partial charge >= 0.3 is 6.09 Å². The molecule has 4 N–H and O–H groups in total. The largest absolute Gasteiger partial charge is 0.444 e. The van der Waals surface area contributed by atoms with Crippen molar-refractivity contribution >= 4 is 11.8 Å². The summed E-state index contributed by atoms with van der Waals surface area (Å²) in [4.78, 5) is 11.7. The first-order chi connectivity index (χ1) is 10.7. The number of nitrogens with two attached hydrogens (primary N) is 1. The molecule has 0 radical (unpaired) electrons. The van der Waals surface area contributed by atoms with Crippen LogP contribution in [0.25, 0.3) is 0 Å². The van der Waals surface area contributed by atoms with Gasteiger partial charge in [0.1, 0.15) is 5.60 Å². The standard InChI is InChI=1S/C18H31N3O2/c1-13(2)15(10-19)12-20-16-8-6-7-14(9-16)11-21-17(22)23-18(3,4)5/h6-9,13,15,20H,10-12,19H2,1-5H3,(H,21,22). The summed E-state index contributed by atoms with van der Waals surface area (Å²) < 4.78 is 5.23. The van der Waals surface area contributed by atoms with Crippen LogP contribution >= 0.6 is 0 Å². The number of benzene rings is 1. The lowest BCUT2D eigenvalue weighted by Gasteiger charge is -2.20. The van der Waals surface area contributed by atoms with Gasteiger partial charge in [0, 0.05) is 18.8 Å². The number of nitrogens with one attached hydrogen (secondary N) is 2. The van der Waals surface area contributed by atoms with Crippen molar-refractivity contribution in [1.29, 1.82) is 0 Å². The summed E-state index contributed by atoms with van der Waals surface area (Å²) >= 11 is 0. The zero-order valence-corrected chi connectivity index (χ0v) is 15.0. The summed E-state index contributed by atoms with van der Waals surface area (Å²) in [5, 5.41) is 6.19. The number of hydrogen-bond acceptors (Lipinski definition) is 4. The molecule has 5 nitrogen and oxygen atoms in total. The van der Waals surface area contributed by atoms with Gasteiger partial charge in [0.05, 0.1) is 0 Å². The number of amides is 1. The third kappa shape index (κ3) is 7.88. The van der Waals surface area contributed by atoms with Gasteiger partial charge in [0.2, 0.25) is 0 Å². The minimum Gasteiger partial charge on any atom is -0.444 e. The number of rotatable bonds is 7. The number of ether oxygens (including phenoxy) is 1. The number of carbonyl (C=O) groups excluding carboxylic acids is 1. The summed E-state index contributed by atoms with van der Waals surface area (Å²) in [7, 11) is 0. The third-order valence-corrected chi connectivity index (χ3v) is 3.58. The van der Waals surface area contributed by atoms with Gasteiger partial charge in [-0.1, -0.05) is 26.0 Å². The molecule has 1 amide bonds. The molecule has 0 saturated heterocycles. The van der Waals surface area contributed by atoms with Gasteiger partial charge in [0.15, 0.2) is 0 Å². The van der Waals surface area contributed by atoms with Crippen LogP contribution in [0.2, 0.25) is 0 Å². The molecule has 1 atom stereocenters. The van der Waals surface area contributed by atoms with Crippen LogP contribution in [0.4, 0.5) is 10.5 Å². The monoisotopic (exact) mass is 321 g/mol. The van der Waals surface area contributed by atoms with Crippen molar-refractivity contribution in [2.24, 2.45) is 17.6 Å². The van der Waals surface area contributed by atoms with Gasteiger partial charge in [-0.05, 0) is 56.8 Å². The molecule has 23 heavy (non-hydrogen) atoms. The predicted octanol–water partition coefficient (Wildman–Crippen LogP) is 3.35. The third-order valence-electron chi connectivity index (χ3n) is 3.58. The number of alkyl carbamates (subject to hydrolysis) is 1. The van der Waals surface area contributed by atoms with E-state index in [1.54, 1.807) is 0 Å². The second-order valence-corrected chi connectivity index (χ2v) is 7.18. The molecule has 1 rings (SSSR count). The fourth-order valence-electron chi connectivity index (χ4n) is 2.12.